The number of hydrogen-bond donors (Lipinski definition) is 3. The SMILES string of the molecule is C[C@H]1CN(c2c(CC(=O)c3nc(-c4c(F)cccc4F)c(F)cc3N)cnc3c2CCO3)C[C@@H](N)[C@@H]1O. The minimum absolute atomic E-state index is 0.119. The third-order valence-electron chi connectivity index (χ3n) is 6.87. The molecule has 0 amide bonds. The van der Waals surface area contributed by atoms with Gasteiger partial charge in [-0.3, -0.25) is 4.79 Å². The van der Waals surface area contributed by atoms with Crippen LogP contribution in [0.3, 0.4) is 0 Å². The van der Waals surface area contributed by atoms with Crippen LogP contribution in [0.1, 0.15) is 28.5 Å². The van der Waals surface area contributed by atoms with Gasteiger partial charge in [-0.05, 0) is 12.1 Å². The van der Waals surface area contributed by atoms with Crippen LogP contribution in [0.15, 0.2) is 30.5 Å². The number of aliphatic hydroxyl groups excluding tert-OH is 1. The number of carbonyl (C=O) groups is 1. The molecule has 3 aromatic rings. The molecule has 1 aromatic carbocycles. The number of halogens is 3. The number of piperidine rings is 1. The minimum Gasteiger partial charge on any atom is -0.477 e. The Morgan fingerprint density at radius 1 is 1.22 bits per heavy atom. The fourth-order valence-electron chi connectivity index (χ4n) is 5.07. The van der Waals surface area contributed by atoms with E-state index in [1.165, 1.54) is 6.20 Å². The van der Waals surface area contributed by atoms with Crippen molar-refractivity contribution in [2.24, 2.45) is 11.7 Å². The predicted molar refractivity (Wildman–Crippen MR) is 131 cm³/mol. The Hall–Kier alpha value is -3.70. The second-order valence-electron chi connectivity index (χ2n) is 9.50. The maximum atomic E-state index is 14.7. The Balaban J connectivity index is 1.54. The monoisotopic (exact) mass is 513 g/mol. The first kappa shape index (κ1) is 25.0. The third kappa shape index (κ3) is 4.49. The molecule has 0 radical (unpaired) electrons. The van der Waals surface area contributed by atoms with Crippen LogP contribution in [0.25, 0.3) is 11.3 Å². The van der Waals surface area contributed by atoms with Gasteiger partial charge in [-0.25, -0.2) is 23.1 Å². The number of pyridine rings is 2. The van der Waals surface area contributed by atoms with E-state index in [1.54, 1.807) is 0 Å². The van der Waals surface area contributed by atoms with Crippen molar-refractivity contribution in [1.82, 2.24) is 9.97 Å². The molecule has 1 fully saturated rings. The number of ether oxygens (including phenoxy) is 1. The average molecular weight is 514 g/mol. The Kier molecular flexibility index (Phi) is 6.50. The lowest BCUT2D eigenvalue weighted by molar-refractivity contribution is 0.0784. The van der Waals surface area contributed by atoms with Gasteiger partial charge < -0.3 is 26.2 Å². The quantitative estimate of drug-likeness (QED) is 0.445. The summed E-state index contributed by atoms with van der Waals surface area (Å²) in [5.74, 6) is -3.31. The maximum absolute atomic E-state index is 14.7. The van der Waals surface area contributed by atoms with Gasteiger partial charge in [0.05, 0.1) is 29.6 Å². The van der Waals surface area contributed by atoms with Crippen molar-refractivity contribution in [1.29, 1.82) is 0 Å². The highest BCUT2D eigenvalue weighted by molar-refractivity contribution is 6.01. The number of hydrogen-bond acceptors (Lipinski definition) is 8. The molecule has 1 saturated heterocycles. The summed E-state index contributed by atoms with van der Waals surface area (Å²) in [5, 5.41) is 10.3. The first-order valence-electron chi connectivity index (χ1n) is 11.9. The molecule has 5 N–H and O–H groups in total. The first-order valence-corrected chi connectivity index (χ1v) is 11.9. The zero-order chi connectivity index (χ0) is 26.4. The lowest BCUT2D eigenvalue weighted by Gasteiger charge is -2.41. The summed E-state index contributed by atoms with van der Waals surface area (Å²) in [4.78, 5) is 23.8. The highest BCUT2D eigenvalue weighted by Gasteiger charge is 2.35. The number of ketones is 1. The zero-order valence-corrected chi connectivity index (χ0v) is 20.0. The second kappa shape index (κ2) is 9.64. The molecule has 0 spiro atoms. The van der Waals surface area contributed by atoms with E-state index in [2.05, 4.69) is 9.97 Å². The normalized spacial score (nSPS) is 21.0. The molecule has 11 heteroatoms. The number of aromatic nitrogens is 2. The van der Waals surface area contributed by atoms with Gasteiger partial charge in [0.2, 0.25) is 5.88 Å². The van der Waals surface area contributed by atoms with Gasteiger partial charge in [-0.2, -0.15) is 0 Å². The lowest BCUT2D eigenvalue weighted by Crippen LogP contribution is -2.56. The van der Waals surface area contributed by atoms with Gasteiger partial charge in [-0.15, -0.1) is 0 Å². The number of aliphatic hydroxyl groups is 1. The number of carbonyl (C=O) groups excluding carboxylic acids is 1. The van der Waals surface area contributed by atoms with Crippen molar-refractivity contribution < 1.29 is 27.8 Å². The topological polar surface area (TPSA) is 128 Å². The van der Waals surface area contributed by atoms with Gasteiger partial charge >= 0.3 is 0 Å². The molecule has 2 aliphatic heterocycles. The van der Waals surface area contributed by atoms with Crippen LogP contribution in [0.4, 0.5) is 24.5 Å². The van der Waals surface area contributed by atoms with E-state index in [9.17, 15) is 23.1 Å². The van der Waals surface area contributed by atoms with Crippen molar-refractivity contribution in [3.63, 3.8) is 0 Å². The molecule has 2 aromatic heterocycles. The Bertz CT molecular complexity index is 1350. The smallest absolute Gasteiger partial charge is 0.218 e. The highest BCUT2D eigenvalue weighted by atomic mass is 19.1. The summed E-state index contributed by atoms with van der Waals surface area (Å²) in [7, 11) is 0. The summed E-state index contributed by atoms with van der Waals surface area (Å²) < 4.78 is 49.0. The standard InChI is InChI=1S/C26H26F3N5O3/c1-12-10-34(11-19(31)25(12)36)24-13(9-32-26-14(24)5-6-37-26)7-20(35)23-18(30)8-17(29)22(33-23)21-15(27)3-2-4-16(21)28/h2-4,8-9,12,19,25,36H,5-7,10-11,30-31H2,1H3/t12-,19+,25+/m0/s1. The number of Topliss-reactive ketones (excluding diaryl/α,β-unsaturated/α-hetero) is 1. The molecule has 8 nitrogen and oxygen atoms in total. The fourth-order valence-corrected chi connectivity index (χ4v) is 5.07. The summed E-state index contributed by atoms with van der Waals surface area (Å²) in [6.07, 6.45) is 1.24. The number of benzene rings is 1. The van der Waals surface area contributed by atoms with E-state index in [1.807, 2.05) is 11.8 Å². The molecule has 37 heavy (non-hydrogen) atoms. The molecule has 3 atom stereocenters. The van der Waals surface area contributed by atoms with E-state index in [0.29, 0.717) is 37.6 Å². The molecule has 194 valence electrons. The van der Waals surface area contributed by atoms with Crippen LogP contribution >= 0.6 is 0 Å². The number of anilines is 2. The molecule has 0 unspecified atom stereocenters. The van der Waals surface area contributed by atoms with Crippen LogP contribution in [-0.2, 0) is 12.8 Å². The van der Waals surface area contributed by atoms with E-state index >= 15 is 0 Å². The average Bonchev–Trinajstić information content (AvgIpc) is 3.32. The Morgan fingerprint density at radius 3 is 2.65 bits per heavy atom. The number of nitrogen functional groups attached to an aromatic ring is 1. The van der Waals surface area contributed by atoms with Gasteiger partial charge in [-0.1, -0.05) is 13.0 Å². The van der Waals surface area contributed by atoms with E-state index in [4.69, 9.17) is 16.2 Å². The summed E-state index contributed by atoms with van der Waals surface area (Å²) in [5.41, 5.74) is 12.4. The molecular formula is C26H26F3N5O3. The minimum atomic E-state index is -1.05. The Morgan fingerprint density at radius 2 is 1.95 bits per heavy atom. The number of rotatable bonds is 5. The predicted octanol–water partition coefficient (Wildman–Crippen LogP) is 2.65. The van der Waals surface area contributed by atoms with Crippen LogP contribution in [0, 0.1) is 23.4 Å². The maximum Gasteiger partial charge on any atom is 0.218 e. The van der Waals surface area contributed by atoms with Crippen molar-refractivity contribution in [2.75, 3.05) is 30.3 Å². The van der Waals surface area contributed by atoms with Crippen LogP contribution in [0.2, 0.25) is 0 Å². The van der Waals surface area contributed by atoms with Crippen molar-refractivity contribution >= 4 is 17.2 Å². The zero-order valence-electron chi connectivity index (χ0n) is 20.0. The number of fused-ring (bicyclic) bond motifs is 1. The number of nitrogens with zero attached hydrogens (tertiary/aromatic N) is 3. The van der Waals surface area contributed by atoms with E-state index in [0.717, 1.165) is 35.5 Å². The van der Waals surface area contributed by atoms with Crippen molar-refractivity contribution in [2.45, 2.75) is 31.9 Å². The summed E-state index contributed by atoms with van der Waals surface area (Å²) in [6, 6.07) is 3.44. The van der Waals surface area contributed by atoms with Gasteiger partial charge in [0, 0.05) is 61.3 Å². The van der Waals surface area contributed by atoms with Gasteiger partial charge in [0.25, 0.3) is 0 Å². The van der Waals surface area contributed by atoms with Gasteiger partial charge in [0.15, 0.2) is 11.6 Å². The van der Waals surface area contributed by atoms with Gasteiger partial charge in [0.1, 0.15) is 23.0 Å². The lowest BCUT2D eigenvalue weighted by atomic mass is 9.91. The summed E-state index contributed by atoms with van der Waals surface area (Å²) >= 11 is 0. The Labute approximate surface area is 211 Å². The van der Waals surface area contributed by atoms with E-state index < -0.39 is 46.6 Å². The van der Waals surface area contributed by atoms with Crippen LogP contribution in [-0.4, -0.2) is 52.7 Å². The van der Waals surface area contributed by atoms with Crippen molar-refractivity contribution in [3.8, 4) is 17.1 Å². The van der Waals surface area contributed by atoms with Crippen LogP contribution < -0.4 is 21.1 Å². The molecule has 5 rings (SSSR count). The largest absolute Gasteiger partial charge is 0.477 e. The second-order valence-corrected chi connectivity index (χ2v) is 9.50. The first-order chi connectivity index (χ1) is 17.7. The third-order valence-corrected chi connectivity index (χ3v) is 6.87. The summed E-state index contributed by atoms with van der Waals surface area (Å²) in [6.45, 7) is 3.19. The van der Waals surface area contributed by atoms with Crippen LogP contribution in [0.5, 0.6) is 5.88 Å². The highest BCUT2D eigenvalue weighted by Crippen LogP contribution is 2.38. The van der Waals surface area contributed by atoms with Crippen molar-refractivity contribution in [3.05, 3.63) is 64.7 Å². The number of nitrogens with two attached hydrogens (primary N) is 2. The molecule has 0 saturated carbocycles. The molecule has 0 bridgehead atoms. The fraction of sp³-hybridized carbons (Fsp3) is 0.346. The van der Waals surface area contributed by atoms with E-state index in [-0.39, 0.29) is 23.7 Å². The molecular weight excluding hydrogens is 487 g/mol. The molecule has 0 aliphatic carbocycles. The molecule has 4 heterocycles. The molecule has 2 aliphatic rings.